The molecule has 1 aromatic rings. The number of rotatable bonds is 3. The van der Waals surface area contributed by atoms with Crippen molar-refractivity contribution >= 4 is 5.69 Å². The van der Waals surface area contributed by atoms with Crippen LogP contribution in [0.3, 0.4) is 0 Å². The highest BCUT2D eigenvalue weighted by molar-refractivity contribution is 5.49. The van der Waals surface area contributed by atoms with Crippen LogP contribution in [0.25, 0.3) is 0 Å². The zero-order valence-electron chi connectivity index (χ0n) is 11.5. The van der Waals surface area contributed by atoms with Gasteiger partial charge in [-0.05, 0) is 37.8 Å². The Morgan fingerprint density at radius 1 is 1.35 bits per heavy atom. The molecule has 0 amide bonds. The fourth-order valence-electron chi connectivity index (χ4n) is 2.49. The van der Waals surface area contributed by atoms with E-state index in [1.54, 1.807) is 6.92 Å². The molecule has 5 nitrogen and oxygen atoms in total. The maximum absolute atomic E-state index is 13.5. The third-order valence-corrected chi connectivity index (χ3v) is 3.72. The fraction of sp³-hybridized carbons (Fsp3) is 0.571. The molecule has 0 saturated heterocycles. The molecule has 2 atom stereocenters. The molecule has 0 bridgehead atoms. The van der Waals surface area contributed by atoms with Crippen molar-refractivity contribution in [3.8, 4) is 5.75 Å². The highest BCUT2D eigenvalue weighted by atomic mass is 19.1. The van der Waals surface area contributed by atoms with Gasteiger partial charge in [-0.1, -0.05) is 12.8 Å². The van der Waals surface area contributed by atoms with Crippen molar-refractivity contribution in [1.29, 1.82) is 0 Å². The first-order chi connectivity index (χ1) is 9.49. The first-order valence-electron chi connectivity index (χ1n) is 6.86. The second-order valence-electron chi connectivity index (χ2n) is 5.28. The molecule has 6 heteroatoms. The van der Waals surface area contributed by atoms with Gasteiger partial charge in [0, 0.05) is 6.04 Å². The fourth-order valence-corrected chi connectivity index (χ4v) is 2.49. The standard InChI is InChI=1S/C14H19FN2O3/c1-9-7-14(12(17(18)19)8-10(9)15)20-13-6-4-2-3-5-11(13)16/h7-8,11,13H,2-6,16H2,1H3. The van der Waals surface area contributed by atoms with Gasteiger partial charge in [0.2, 0.25) is 0 Å². The second kappa shape index (κ2) is 6.17. The molecule has 0 radical (unpaired) electrons. The van der Waals surface area contributed by atoms with E-state index in [0.29, 0.717) is 5.56 Å². The monoisotopic (exact) mass is 282 g/mol. The van der Waals surface area contributed by atoms with E-state index in [2.05, 4.69) is 0 Å². The largest absolute Gasteiger partial charge is 0.482 e. The molecule has 2 rings (SSSR count). The minimum Gasteiger partial charge on any atom is -0.482 e. The molecule has 1 aliphatic rings. The van der Waals surface area contributed by atoms with Crippen molar-refractivity contribution in [3.05, 3.63) is 33.6 Å². The van der Waals surface area contributed by atoms with Crippen LogP contribution in [-0.2, 0) is 0 Å². The quantitative estimate of drug-likeness (QED) is 0.525. The summed E-state index contributed by atoms with van der Waals surface area (Å²) in [4.78, 5) is 10.4. The van der Waals surface area contributed by atoms with Crippen molar-refractivity contribution in [1.82, 2.24) is 0 Å². The van der Waals surface area contributed by atoms with E-state index in [-0.39, 0.29) is 23.6 Å². The Kier molecular flexibility index (Phi) is 4.54. The van der Waals surface area contributed by atoms with Gasteiger partial charge in [-0.25, -0.2) is 4.39 Å². The normalized spacial score (nSPS) is 23.1. The van der Waals surface area contributed by atoms with Crippen LogP contribution in [0, 0.1) is 22.9 Å². The number of nitro groups is 1. The molecule has 0 spiro atoms. The topological polar surface area (TPSA) is 78.4 Å². The van der Waals surface area contributed by atoms with Gasteiger partial charge in [-0.3, -0.25) is 10.1 Å². The smallest absolute Gasteiger partial charge is 0.313 e. The van der Waals surface area contributed by atoms with Crippen molar-refractivity contribution in [2.45, 2.75) is 51.2 Å². The third-order valence-electron chi connectivity index (χ3n) is 3.72. The van der Waals surface area contributed by atoms with E-state index in [9.17, 15) is 14.5 Å². The van der Waals surface area contributed by atoms with Crippen LogP contribution in [0.1, 0.15) is 37.7 Å². The highest BCUT2D eigenvalue weighted by Gasteiger charge is 2.26. The molecule has 20 heavy (non-hydrogen) atoms. The van der Waals surface area contributed by atoms with E-state index >= 15 is 0 Å². The number of hydrogen-bond acceptors (Lipinski definition) is 4. The molecule has 2 unspecified atom stereocenters. The molecule has 0 aromatic heterocycles. The summed E-state index contributed by atoms with van der Waals surface area (Å²) in [5.41, 5.74) is 6.04. The van der Waals surface area contributed by atoms with Crippen molar-refractivity contribution < 1.29 is 14.1 Å². The molecule has 1 saturated carbocycles. The highest BCUT2D eigenvalue weighted by Crippen LogP contribution is 2.32. The predicted molar refractivity (Wildman–Crippen MR) is 73.3 cm³/mol. The summed E-state index contributed by atoms with van der Waals surface area (Å²) in [5, 5.41) is 11.0. The Hall–Kier alpha value is -1.69. The molecule has 0 heterocycles. The average Bonchev–Trinajstić information content (AvgIpc) is 2.59. The number of hydrogen-bond donors (Lipinski definition) is 1. The van der Waals surface area contributed by atoms with Gasteiger partial charge in [0.15, 0.2) is 5.75 Å². The maximum atomic E-state index is 13.5. The zero-order chi connectivity index (χ0) is 14.7. The first kappa shape index (κ1) is 14.7. The number of nitrogens with two attached hydrogens (primary N) is 1. The van der Waals surface area contributed by atoms with Crippen molar-refractivity contribution in [3.63, 3.8) is 0 Å². The molecule has 1 aliphatic carbocycles. The Balaban J connectivity index is 2.27. The molecule has 110 valence electrons. The molecular formula is C14H19FN2O3. The van der Waals surface area contributed by atoms with Gasteiger partial charge < -0.3 is 10.5 Å². The number of ether oxygens (including phenoxy) is 1. The van der Waals surface area contributed by atoms with E-state index in [1.807, 2.05) is 0 Å². The van der Waals surface area contributed by atoms with Gasteiger partial charge in [-0.15, -0.1) is 0 Å². The van der Waals surface area contributed by atoms with Crippen molar-refractivity contribution in [2.24, 2.45) is 5.73 Å². The first-order valence-corrected chi connectivity index (χ1v) is 6.86. The van der Waals surface area contributed by atoms with Gasteiger partial charge in [0.1, 0.15) is 11.9 Å². The minimum atomic E-state index is -0.625. The third kappa shape index (κ3) is 3.25. The van der Waals surface area contributed by atoms with Gasteiger partial charge in [0.05, 0.1) is 11.0 Å². The Bertz CT molecular complexity index is 507. The van der Waals surface area contributed by atoms with Crippen LogP contribution in [0.5, 0.6) is 5.75 Å². The van der Waals surface area contributed by atoms with Gasteiger partial charge >= 0.3 is 5.69 Å². The van der Waals surface area contributed by atoms with Gasteiger partial charge in [-0.2, -0.15) is 0 Å². The second-order valence-corrected chi connectivity index (χ2v) is 5.28. The van der Waals surface area contributed by atoms with Crippen LogP contribution < -0.4 is 10.5 Å². The lowest BCUT2D eigenvalue weighted by Crippen LogP contribution is -2.38. The SMILES string of the molecule is Cc1cc(OC2CCCCCC2N)c([N+](=O)[O-])cc1F. The van der Waals surface area contributed by atoms with E-state index in [0.717, 1.165) is 38.2 Å². The summed E-state index contributed by atoms with van der Waals surface area (Å²) in [6.45, 7) is 1.55. The van der Waals surface area contributed by atoms with Crippen LogP contribution >= 0.6 is 0 Å². The Morgan fingerprint density at radius 3 is 2.75 bits per heavy atom. The number of benzene rings is 1. The van der Waals surface area contributed by atoms with Crippen LogP contribution in [0.2, 0.25) is 0 Å². The average molecular weight is 282 g/mol. The summed E-state index contributed by atoms with van der Waals surface area (Å²) in [6.07, 6.45) is 4.50. The van der Waals surface area contributed by atoms with Crippen molar-refractivity contribution in [2.75, 3.05) is 0 Å². The van der Waals surface area contributed by atoms with E-state index < -0.39 is 10.7 Å². The molecule has 1 aromatic carbocycles. The summed E-state index contributed by atoms with van der Waals surface area (Å²) in [6, 6.07) is 2.15. The molecule has 2 N–H and O–H groups in total. The summed E-state index contributed by atoms with van der Waals surface area (Å²) >= 11 is 0. The van der Waals surface area contributed by atoms with Crippen LogP contribution in [0.15, 0.2) is 12.1 Å². The minimum absolute atomic E-state index is 0.108. The molecular weight excluding hydrogens is 263 g/mol. The number of halogens is 1. The predicted octanol–water partition coefficient (Wildman–Crippen LogP) is 3.08. The lowest BCUT2D eigenvalue weighted by molar-refractivity contribution is -0.386. The van der Waals surface area contributed by atoms with Crippen LogP contribution in [0.4, 0.5) is 10.1 Å². The maximum Gasteiger partial charge on any atom is 0.313 e. The van der Waals surface area contributed by atoms with Crippen LogP contribution in [-0.4, -0.2) is 17.1 Å². The molecule has 1 fully saturated rings. The summed E-state index contributed by atoms with van der Waals surface area (Å²) in [7, 11) is 0. The Labute approximate surface area is 117 Å². The Morgan fingerprint density at radius 2 is 2.05 bits per heavy atom. The number of nitro benzene ring substituents is 1. The number of nitrogens with zero attached hydrogens (tertiary/aromatic N) is 1. The zero-order valence-corrected chi connectivity index (χ0v) is 11.5. The lowest BCUT2D eigenvalue weighted by Gasteiger charge is -2.23. The van der Waals surface area contributed by atoms with E-state index in [1.165, 1.54) is 6.07 Å². The van der Waals surface area contributed by atoms with E-state index in [4.69, 9.17) is 10.5 Å². The summed E-state index contributed by atoms with van der Waals surface area (Å²) in [5.74, 6) is -0.495. The lowest BCUT2D eigenvalue weighted by atomic mass is 10.1. The summed E-state index contributed by atoms with van der Waals surface area (Å²) < 4.78 is 19.2. The number of aryl methyl sites for hydroxylation is 1. The van der Waals surface area contributed by atoms with Gasteiger partial charge in [0.25, 0.3) is 0 Å². The molecule has 0 aliphatic heterocycles.